The molecule has 94 valence electrons. The topological polar surface area (TPSA) is 32.3 Å². The van der Waals surface area contributed by atoms with Crippen LogP contribution in [0.25, 0.3) is 0 Å². The molecule has 2 aromatic rings. The van der Waals surface area contributed by atoms with E-state index in [1.807, 2.05) is 36.4 Å². The molecule has 0 spiro atoms. The van der Waals surface area contributed by atoms with Crippen LogP contribution in [0.1, 0.15) is 24.1 Å². The minimum Gasteiger partial charge on any atom is -0.392 e. The number of aliphatic hydroxyl groups excluding tert-OH is 1. The van der Waals surface area contributed by atoms with E-state index < -0.39 is 0 Å². The Morgan fingerprint density at radius 3 is 2.56 bits per heavy atom. The molecule has 0 saturated carbocycles. The van der Waals surface area contributed by atoms with E-state index in [0.29, 0.717) is 0 Å². The van der Waals surface area contributed by atoms with Crippen LogP contribution in [0.3, 0.4) is 0 Å². The fraction of sp³-hybridized carbons (Fsp3) is 0.200. The summed E-state index contributed by atoms with van der Waals surface area (Å²) in [4.78, 5) is 0. The van der Waals surface area contributed by atoms with E-state index in [2.05, 4.69) is 40.3 Å². The minimum atomic E-state index is 0.0716. The minimum absolute atomic E-state index is 0.0716. The molecule has 0 radical (unpaired) electrons. The van der Waals surface area contributed by atoms with Gasteiger partial charge in [0.1, 0.15) is 0 Å². The van der Waals surface area contributed by atoms with Crippen molar-refractivity contribution in [2.45, 2.75) is 19.6 Å². The zero-order valence-electron chi connectivity index (χ0n) is 10.2. The monoisotopic (exact) mass is 305 g/mol. The zero-order chi connectivity index (χ0) is 13.0. The summed E-state index contributed by atoms with van der Waals surface area (Å²) < 4.78 is 1.08. The predicted octanol–water partition coefficient (Wildman–Crippen LogP) is 4.11. The smallest absolute Gasteiger partial charge is 0.0682 e. The maximum atomic E-state index is 9.11. The van der Waals surface area contributed by atoms with Crippen LogP contribution in [0.4, 0.5) is 5.69 Å². The van der Waals surface area contributed by atoms with Crippen molar-refractivity contribution in [3.63, 3.8) is 0 Å². The van der Waals surface area contributed by atoms with Gasteiger partial charge in [-0.15, -0.1) is 0 Å². The van der Waals surface area contributed by atoms with E-state index in [4.69, 9.17) is 5.11 Å². The van der Waals surface area contributed by atoms with E-state index in [1.54, 1.807) is 0 Å². The molecule has 0 heterocycles. The van der Waals surface area contributed by atoms with Crippen molar-refractivity contribution in [1.82, 2.24) is 0 Å². The number of halogens is 1. The highest BCUT2D eigenvalue weighted by Gasteiger charge is 2.05. The Kier molecular flexibility index (Phi) is 4.39. The van der Waals surface area contributed by atoms with Gasteiger partial charge in [-0.25, -0.2) is 0 Å². The van der Waals surface area contributed by atoms with Crippen LogP contribution in [-0.4, -0.2) is 5.11 Å². The molecule has 2 N–H and O–H groups in total. The first-order valence-electron chi connectivity index (χ1n) is 5.91. The number of hydrogen-bond acceptors (Lipinski definition) is 2. The van der Waals surface area contributed by atoms with Gasteiger partial charge in [-0.1, -0.05) is 40.2 Å². The third kappa shape index (κ3) is 3.34. The molecule has 0 bridgehead atoms. The highest BCUT2D eigenvalue weighted by molar-refractivity contribution is 9.10. The molecule has 1 atom stereocenters. The molecule has 2 aromatic carbocycles. The summed E-state index contributed by atoms with van der Waals surface area (Å²) in [6.45, 7) is 2.19. The molecule has 1 unspecified atom stereocenters. The predicted molar refractivity (Wildman–Crippen MR) is 78.5 cm³/mol. The lowest BCUT2D eigenvalue weighted by molar-refractivity contribution is 0.282. The third-order valence-corrected chi connectivity index (χ3v) is 3.39. The second-order valence-corrected chi connectivity index (χ2v) is 5.19. The molecular formula is C15H16BrNO. The van der Waals surface area contributed by atoms with Crippen LogP contribution in [0.15, 0.2) is 53.0 Å². The van der Waals surface area contributed by atoms with Crippen LogP contribution < -0.4 is 5.32 Å². The van der Waals surface area contributed by atoms with Crippen molar-refractivity contribution in [2.75, 3.05) is 5.32 Å². The molecule has 3 heteroatoms. The van der Waals surface area contributed by atoms with Crippen LogP contribution in [-0.2, 0) is 6.61 Å². The van der Waals surface area contributed by atoms with E-state index in [1.165, 1.54) is 5.56 Å². The molecule has 0 amide bonds. The zero-order valence-corrected chi connectivity index (χ0v) is 11.8. The van der Waals surface area contributed by atoms with Gasteiger partial charge in [-0.05, 0) is 42.3 Å². The fourth-order valence-electron chi connectivity index (χ4n) is 1.84. The van der Waals surface area contributed by atoms with Crippen LogP contribution in [0, 0.1) is 0 Å². The lowest BCUT2D eigenvalue weighted by atomic mass is 10.1. The molecule has 0 aromatic heterocycles. The van der Waals surface area contributed by atoms with Crippen LogP contribution in [0.5, 0.6) is 0 Å². The Morgan fingerprint density at radius 1 is 1.17 bits per heavy atom. The van der Waals surface area contributed by atoms with Gasteiger partial charge in [0, 0.05) is 16.2 Å². The first-order valence-corrected chi connectivity index (χ1v) is 6.70. The van der Waals surface area contributed by atoms with Gasteiger partial charge in [0.25, 0.3) is 0 Å². The second-order valence-electron chi connectivity index (χ2n) is 4.28. The summed E-state index contributed by atoms with van der Waals surface area (Å²) >= 11 is 3.43. The van der Waals surface area contributed by atoms with Crippen molar-refractivity contribution in [1.29, 1.82) is 0 Å². The normalized spacial score (nSPS) is 12.2. The van der Waals surface area contributed by atoms with E-state index in [-0.39, 0.29) is 12.6 Å². The average Bonchev–Trinajstić information content (AvgIpc) is 2.39. The molecule has 0 saturated heterocycles. The van der Waals surface area contributed by atoms with Crippen LogP contribution >= 0.6 is 15.9 Å². The second kappa shape index (κ2) is 6.03. The fourth-order valence-corrected chi connectivity index (χ4v) is 2.11. The lowest BCUT2D eigenvalue weighted by Crippen LogP contribution is -2.06. The van der Waals surface area contributed by atoms with Crippen molar-refractivity contribution in [3.8, 4) is 0 Å². The maximum Gasteiger partial charge on any atom is 0.0682 e. The number of hydrogen-bond donors (Lipinski definition) is 2. The van der Waals surface area contributed by atoms with Gasteiger partial charge < -0.3 is 10.4 Å². The molecular weight excluding hydrogens is 290 g/mol. The number of benzene rings is 2. The summed E-state index contributed by atoms with van der Waals surface area (Å²) in [6.07, 6.45) is 0. The molecule has 2 rings (SSSR count). The molecule has 2 nitrogen and oxygen atoms in total. The first kappa shape index (κ1) is 13.1. The van der Waals surface area contributed by atoms with Gasteiger partial charge in [0.2, 0.25) is 0 Å². The quantitative estimate of drug-likeness (QED) is 0.891. The maximum absolute atomic E-state index is 9.11. The Hall–Kier alpha value is -1.32. The summed E-state index contributed by atoms with van der Waals surface area (Å²) in [7, 11) is 0. The SMILES string of the molecule is CC(Nc1cccc(CO)c1)c1ccc(Br)cc1. The summed E-state index contributed by atoms with van der Waals surface area (Å²) in [5.41, 5.74) is 3.17. The molecule has 0 aliphatic rings. The Balaban J connectivity index is 2.10. The molecule has 0 aliphatic carbocycles. The van der Waals surface area contributed by atoms with E-state index in [9.17, 15) is 0 Å². The number of nitrogens with one attached hydrogen (secondary N) is 1. The van der Waals surface area contributed by atoms with Crippen molar-refractivity contribution in [3.05, 3.63) is 64.1 Å². The summed E-state index contributed by atoms with van der Waals surface area (Å²) in [6, 6.07) is 16.3. The van der Waals surface area contributed by atoms with Gasteiger partial charge in [0.15, 0.2) is 0 Å². The largest absolute Gasteiger partial charge is 0.392 e. The van der Waals surface area contributed by atoms with Crippen LogP contribution in [0.2, 0.25) is 0 Å². The van der Waals surface area contributed by atoms with E-state index >= 15 is 0 Å². The van der Waals surface area contributed by atoms with Gasteiger partial charge in [-0.3, -0.25) is 0 Å². The Bertz CT molecular complexity index is 510. The highest BCUT2D eigenvalue weighted by atomic mass is 79.9. The highest BCUT2D eigenvalue weighted by Crippen LogP contribution is 2.21. The first-order chi connectivity index (χ1) is 8.69. The number of rotatable bonds is 4. The third-order valence-electron chi connectivity index (χ3n) is 2.86. The Morgan fingerprint density at radius 2 is 1.89 bits per heavy atom. The summed E-state index contributed by atoms with van der Waals surface area (Å²) in [5.74, 6) is 0. The average molecular weight is 306 g/mol. The van der Waals surface area contributed by atoms with Crippen molar-refractivity contribution >= 4 is 21.6 Å². The Labute approximate surface area is 116 Å². The van der Waals surface area contributed by atoms with Gasteiger partial charge in [-0.2, -0.15) is 0 Å². The van der Waals surface area contributed by atoms with Gasteiger partial charge >= 0.3 is 0 Å². The van der Waals surface area contributed by atoms with Gasteiger partial charge in [0.05, 0.1) is 6.61 Å². The molecule has 0 fully saturated rings. The van der Waals surface area contributed by atoms with E-state index in [0.717, 1.165) is 15.7 Å². The molecule has 0 aliphatic heterocycles. The number of anilines is 1. The van der Waals surface area contributed by atoms with Crippen molar-refractivity contribution < 1.29 is 5.11 Å². The molecule has 18 heavy (non-hydrogen) atoms. The summed E-state index contributed by atoms with van der Waals surface area (Å²) in [5, 5.41) is 12.5. The number of aliphatic hydroxyl groups is 1. The standard InChI is InChI=1S/C15H16BrNO/c1-11(13-5-7-14(16)8-6-13)17-15-4-2-3-12(9-15)10-18/h2-9,11,17-18H,10H2,1H3. The lowest BCUT2D eigenvalue weighted by Gasteiger charge is -2.16. The van der Waals surface area contributed by atoms with Crippen molar-refractivity contribution in [2.24, 2.45) is 0 Å².